The zero-order chi connectivity index (χ0) is 19.3. The van der Waals surface area contributed by atoms with Crippen LogP contribution in [0.2, 0.25) is 0 Å². The lowest BCUT2D eigenvalue weighted by atomic mass is 9.96. The number of hydrogen-bond acceptors (Lipinski definition) is 7. The highest BCUT2D eigenvalue weighted by Gasteiger charge is 2.22. The van der Waals surface area contributed by atoms with E-state index in [1.807, 2.05) is 48.5 Å². The molecule has 0 bridgehead atoms. The van der Waals surface area contributed by atoms with Crippen molar-refractivity contribution in [2.24, 2.45) is 5.73 Å². The predicted molar refractivity (Wildman–Crippen MR) is 104 cm³/mol. The van der Waals surface area contributed by atoms with Gasteiger partial charge < -0.3 is 10.5 Å². The van der Waals surface area contributed by atoms with E-state index in [9.17, 15) is 5.26 Å². The maximum Gasteiger partial charge on any atom is 0.235 e. The van der Waals surface area contributed by atoms with Crippen molar-refractivity contribution in [2.45, 2.75) is 6.10 Å². The molecule has 0 aliphatic carbocycles. The van der Waals surface area contributed by atoms with Crippen molar-refractivity contribution in [3.05, 3.63) is 78.5 Å². The smallest absolute Gasteiger partial charge is 0.235 e. The SMILES string of the molecule is N#Cc1cncnc1O[C@@H](CN)c1cnc2ccccc2c1-c1ccccn1. The minimum atomic E-state index is -0.559. The first-order valence-corrected chi connectivity index (χ1v) is 8.67. The molecule has 3 aromatic heterocycles. The van der Waals surface area contributed by atoms with E-state index >= 15 is 0 Å². The second-order valence-corrected chi connectivity index (χ2v) is 6.02. The lowest BCUT2D eigenvalue weighted by Crippen LogP contribution is -2.20. The molecule has 28 heavy (non-hydrogen) atoms. The van der Waals surface area contributed by atoms with E-state index in [1.165, 1.54) is 12.5 Å². The minimum Gasteiger partial charge on any atom is -0.467 e. The summed E-state index contributed by atoms with van der Waals surface area (Å²) in [4.78, 5) is 17.0. The number of hydrogen-bond donors (Lipinski definition) is 1. The number of pyridine rings is 2. The fourth-order valence-electron chi connectivity index (χ4n) is 3.06. The molecule has 1 aromatic carbocycles. The molecule has 7 heteroatoms. The maximum absolute atomic E-state index is 9.28. The number of benzene rings is 1. The van der Waals surface area contributed by atoms with E-state index in [0.717, 1.165) is 27.7 Å². The van der Waals surface area contributed by atoms with Gasteiger partial charge in [-0.3, -0.25) is 9.97 Å². The summed E-state index contributed by atoms with van der Waals surface area (Å²) in [5.41, 5.74) is 9.60. The molecule has 0 saturated carbocycles. The summed E-state index contributed by atoms with van der Waals surface area (Å²) >= 11 is 0. The zero-order valence-electron chi connectivity index (χ0n) is 14.9. The van der Waals surface area contributed by atoms with Gasteiger partial charge >= 0.3 is 0 Å². The molecule has 0 radical (unpaired) electrons. The van der Waals surface area contributed by atoms with Gasteiger partial charge in [-0.25, -0.2) is 9.97 Å². The van der Waals surface area contributed by atoms with Gasteiger partial charge in [0, 0.05) is 35.5 Å². The molecule has 7 nitrogen and oxygen atoms in total. The molecule has 0 aliphatic rings. The molecule has 0 saturated heterocycles. The number of para-hydroxylation sites is 1. The van der Waals surface area contributed by atoms with Crippen molar-refractivity contribution in [1.29, 1.82) is 5.26 Å². The molecular weight excluding hydrogens is 352 g/mol. The van der Waals surface area contributed by atoms with Crippen LogP contribution in [0.25, 0.3) is 22.2 Å². The molecule has 1 atom stereocenters. The predicted octanol–water partition coefficient (Wildman–Crippen LogP) is 3.04. The van der Waals surface area contributed by atoms with Gasteiger partial charge in [-0.15, -0.1) is 0 Å². The Balaban J connectivity index is 1.88. The fraction of sp³-hybridized carbons (Fsp3) is 0.0952. The monoisotopic (exact) mass is 368 g/mol. The van der Waals surface area contributed by atoms with E-state index in [0.29, 0.717) is 0 Å². The Morgan fingerprint density at radius 1 is 1.04 bits per heavy atom. The number of aromatic nitrogens is 4. The molecule has 4 rings (SSSR count). The first-order chi connectivity index (χ1) is 13.8. The summed E-state index contributed by atoms with van der Waals surface area (Å²) in [6, 6.07) is 15.6. The van der Waals surface area contributed by atoms with Crippen molar-refractivity contribution in [3.63, 3.8) is 0 Å². The molecule has 0 amide bonds. The summed E-state index contributed by atoms with van der Waals surface area (Å²) in [6.45, 7) is 0.175. The van der Waals surface area contributed by atoms with Gasteiger partial charge in [-0.2, -0.15) is 5.26 Å². The van der Waals surface area contributed by atoms with Gasteiger partial charge in [-0.05, 0) is 18.2 Å². The quantitative estimate of drug-likeness (QED) is 0.576. The van der Waals surface area contributed by atoms with Crippen LogP contribution in [0.4, 0.5) is 0 Å². The maximum atomic E-state index is 9.28. The molecule has 0 aliphatic heterocycles. The number of nitriles is 1. The largest absolute Gasteiger partial charge is 0.467 e. The third kappa shape index (κ3) is 3.24. The second-order valence-electron chi connectivity index (χ2n) is 6.02. The van der Waals surface area contributed by atoms with E-state index in [4.69, 9.17) is 10.5 Å². The Kier molecular flexibility index (Phi) is 4.87. The molecule has 136 valence electrons. The average molecular weight is 368 g/mol. The van der Waals surface area contributed by atoms with E-state index in [-0.39, 0.29) is 18.0 Å². The molecule has 0 unspecified atom stereocenters. The van der Waals surface area contributed by atoms with Crippen molar-refractivity contribution < 1.29 is 4.74 Å². The third-order valence-corrected chi connectivity index (χ3v) is 4.34. The van der Waals surface area contributed by atoms with Crippen LogP contribution >= 0.6 is 0 Å². The number of nitrogens with two attached hydrogens (primary N) is 1. The first kappa shape index (κ1) is 17.5. The molecular formula is C21H16N6O. The minimum absolute atomic E-state index is 0.175. The highest BCUT2D eigenvalue weighted by Crippen LogP contribution is 2.34. The first-order valence-electron chi connectivity index (χ1n) is 8.67. The van der Waals surface area contributed by atoms with Crippen LogP contribution in [-0.2, 0) is 0 Å². The van der Waals surface area contributed by atoms with Crippen molar-refractivity contribution in [3.8, 4) is 23.2 Å². The van der Waals surface area contributed by atoms with Crippen LogP contribution in [0.5, 0.6) is 5.88 Å². The van der Waals surface area contributed by atoms with Gasteiger partial charge in [0.25, 0.3) is 0 Å². The highest BCUT2D eigenvalue weighted by atomic mass is 16.5. The van der Waals surface area contributed by atoms with Crippen LogP contribution in [0.1, 0.15) is 17.2 Å². The van der Waals surface area contributed by atoms with Crippen LogP contribution in [0.15, 0.2) is 67.4 Å². The van der Waals surface area contributed by atoms with Crippen molar-refractivity contribution >= 4 is 10.9 Å². The summed E-state index contributed by atoms with van der Waals surface area (Å²) < 4.78 is 6.02. The third-order valence-electron chi connectivity index (χ3n) is 4.34. The van der Waals surface area contributed by atoms with E-state index in [1.54, 1.807) is 12.4 Å². The number of nitrogens with zero attached hydrogens (tertiary/aromatic N) is 5. The van der Waals surface area contributed by atoms with Gasteiger partial charge in [-0.1, -0.05) is 24.3 Å². The summed E-state index contributed by atoms with van der Waals surface area (Å²) in [5, 5.41) is 10.2. The summed E-state index contributed by atoms with van der Waals surface area (Å²) in [6.07, 6.45) is 5.68. The summed E-state index contributed by atoms with van der Waals surface area (Å²) in [7, 11) is 0. The van der Waals surface area contributed by atoms with E-state index < -0.39 is 6.10 Å². The highest BCUT2D eigenvalue weighted by molar-refractivity contribution is 5.95. The van der Waals surface area contributed by atoms with Crippen LogP contribution in [0.3, 0.4) is 0 Å². The average Bonchev–Trinajstić information content (AvgIpc) is 2.77. The number of fused-ring (bicyclic) bond motifs is 1. The van der Waals surface area contributed by atoms with Crippen LogP contribution in [0, 0.1) is 11.3 Å². The van der Waals surface area contributed by atoms with Gasteiger partial charge in [0.2, 0.25) is 5.88 Å². The van der Waals surface area contributed by atoms with Gasteiger partial charge in [0.1, 0.15) is 24.1 Å². The van der Waals surface area contributed by atoms with Gasteiger partial charge in [0.05, 0.1) is 17.4 Å². The van der Waals surface area contributed by atoms with Gasteiger partial charge in [0.15, 0.2) is 0 Å². The Bertz CT molecular complexity index is 1160. The molecule has 3 heterocycles. The second kappa shape index (κ2) is 7.78. The Hall–Kier alpha value is -3.89. The van der Waals surface area contributed by atoms with Crippen LogP contribution < -0.4 is 10.5 Å². The van der Waals surface area contributed by atoms with Crippen molar-refractivity contribution in [1.82, 2.24) is 19.9 Å². The Morgan fingerprint density at radius 2 is 1.89 bits per heavy atom. The van der Waals surface area contributed by atoms with Crippen LogP contribution in [-0.4, -0.2) is 26.5 Å². The number of rotatable bonds is 5. The zero-order valence-corrected chi connectivity index (χ0v) is 14.9. The molecule has 0 fully saturated rings. The Labute approximate surface area is 161 Å². The normalized spacial score (nSPS) is 11.7. The molecule has 4 aromatic rings. The van der Waals surface area contributed by atoms with E-state index in [2.05, 4.69) is 19.9 Å². The standard InChI is InChI=1S/C21H16N6O/c22-9-14-11-24-13-27-21(14)28-19(10-23)16-12-26-17-6-2-1-5-15(17)20(16)18-7-3-4-8-25-18/h1-8,11-13,19H,10,23H2/t19-/m0/s1. The Morgan fingerprint density at radius 3 is 2.68 bits per heavy atom. The van der Waals surface area contributed by atoms with Crippen molar-refractivity contribution in [2.75, 3.05) is 6.54 Å². The fourth-order valence-corrected chi connectivity index (χ4v) is 3.06. The molecule has 2 N–H and O–H groups in total. The lowest BCUT2D eigenvalue weighted by molar-refractivity contribution is 0.204. The number of ether oxygens (including phenoxy) is 1. The topological polar surface area (TPSA) is 111 Å². The molecule has 0 spiro atoms. The summed E-state index contributed by atoms with van der Waals surface area (Å²) in [5.74, 6) is 0.188. The lowest BCUT2D eigenvalue weighted by Gasteiger charge is -2.21.